The number of carbonyl (C=O) groups is 2. The third kappa shape index (κ3) is 4.85. The van der Waals surface area contributed by atoms with Gasteiger partial charge in [0.25, 0.3) is 5.69 Å². The molecule has 0 bridgehead atoms. The van der Waals surface area contributed by atoms with Crippen molar-refractivity contribution in [1.82, 2.24) is 0 Å². The van der Waals surface area contributed by atoms with Gasteiger partial charge in [0, 0.05) is 29.8 Å². The lowest BCUT2D eigenvalue weighted by Gasteiger charge is -2.01. The minimum Gasteiger partial charge on any atom is -1.00 e. The molecule has 0 aliphatic rings. The Labute approximate surface area is 144 Å². The van der Waals surface area contributed by atoms with E-state index in [1.54, 1.807) is 36.0 Å². The largest absolute Gasteiger partial charge is 1.00 e. The Morgan fingerprint density at radius 1 is 1.17 bits per heavy atom. The van der Waals surface area contributed by atoms with Crippen LogP contribution >= 0.6 is 0 Å². The van der Waals surface area contributed by atoms with Crippen LogP contribution in [0, 0.1) is 10.1 Å². The second kappa shape index (κ2) is 8.73. The summed E-state index contributed by atoms with van der Waals surface area (Å²) < 4.78 is 6.46. The summed E-state index contributed by atoms with van der Waals surface area (Å²) in [5.74, 6) is -0.688. The number of ketones is 1. The lowest BCUT2D eigenvalue weighted by Crippen LogP contribution is -3.00. The molecular formula is C16H15ClN2O5. The highest BCUT2D eigenvalue weighted by Gasteiger charge is 2.16. The van der Waals surface area contributed by atoms with Crippen LogP contribution in [0.5, 0.6) is 0 Å². The molecule has 0 aliphatic heterocycles. The van der Waals surface area contributed by atoms with Crippen molar-refractivity contribution in [1.29, 1.82) is 0 Å². The Morgan fingerprint density at radius 3 is 2.42 bits per heavy atom. The van der Waals surface area contributed by atoms with Crippen LogP contribution in [0.4, 0.5) is 5.69 Å². The molecule has 0 saturated heterocycles. The van der Waals surface area contributed by atoms with Gasteiger partial charge in [-0.25, -0.2) is 4.79 Å². The van der Waals surface area contributed by atoms with Gasteiger partial charge in [-0.3, -0.25) is 14.9 Å². The van der Waals surface area contributed by atoms with E-state index in [1.165, 1.54) is 24.3 Å². The number of pyridine rings is 1. The Kier molecular flexibility index (Phi) is 7.00. The van der Waals surface area contributed by atoms with Gasteiger partial charge in [0.15, 0.2) is 12.4 Å². The number of nitro benzene ring substituents is 1. The number of non-ortho nitro benzene ring substituents is 1. The average Bonchev–Trinajstić information content (AvgIpc) is 2.55. The van der Waals surface area contributed by atoms with Crippen LogP contribution < -0.4 is 17.0 Å². The first-order chi connectivity index (χ1) is 11.0. The van der Waals surface area contributed by atoms with Crippen LogP contribution in [-0.2, 0) is 11.3 Å². The molecule has 0 fully saturated rings. The van der Waals surface area contributed by atoms with Gasteiger partial charge in [0.05, 0.1) is 17.1 Å². The number of hydrogen-bond donors (Lipinski definition) is 0. The van der Waals surface area contributed by atoms with E-state index in [2.05, 4.69) is 0 Å². The molecule has 1 aromatic heterocycles. The quantitative estimate of drug-likeness (QED) is 0.218. The van der Waals surface area contributed by atoms with Crippen molar-refractivity contribution in [3.05, 3.63) is 70.0 Å². The fourth-order valence-corrected chi connectivity index (χ4v) is 1.96. The number of hydrogen-bond acceptors (Lipinski definition) is 5. The van der Waals surface area contributed by atoms with Gasteiger partial charge in [-0.1, -0.05) is 12.1 Å². The van der Waals surface area contributed by atoms with Crippen molar-refractivity contribution in [3.8, 4) is 0 Å². The number of benzene rings is 1. The summed E-state index contributed by atoms with van der Waals surface area (Å²) in [6.45, 7) is 2.03. The van der Waals surface area contributed by atoms with E-state index < -0.39 is 10.9 Å². The van der Waals surface area contributed by atoms with Crippen LogP contribution in [0.1, 0.15) is 27.6 Å². The molecule has 0 atom stereocenters. The van der Waals surface area contributed by atoms with Crippen molar-refractivity contribution in [2.45, 2.75) is 13.5 Å². The molecule has 0 aliphatic carbocycles. The van der Waals surface area contributed by atoms with E-state index in [4.69, 9.17) is 4.74 Å². The number of nitrogens with zero attached hydrogens (tertiary/aromatic N) is 2. The zero-order chi connectivity index (χ0) is 16.8. The fourth-order valence-electron chi connectivity index (χ4n) is 1.96. The van der Waals surface area contributed by atoms with Crippen LogP contribution in [-0.4, -0.2) is 23.3 Å². The number of carbonyl (C=O) groups excluding carboxylic acids is 2. The van der Waals surface area contributed by atoms with Gasteiger partial charge in [0.2, 0.25) is 12.3 Å². The van der Waals surface area contributed by atoms with Gasteiger partial charge in [0.1, 0.15) is 0 Å². The minimum absolute atomic E-state index is 0. The number of halogens is 1. The number of Topliss-reactive ketones (excluding diaryl/α,β-unsaturated/α-hetero) is 1. The molecule has 0 spiro atoms. The molecule has 8 heteroatoms. The SMILES string of the molecule is CCOC(=O)c1cc[n+](CC(=O)c2cccc([N+](=O)[O-])c2)cc1.[Cl-]. The monoisotopic (exact) mass is 350 g/mol. The topological polar surface area (TPSA) is 90.4 Å². The van der Waals surface area contributed by atoms with Crippen LogP contribution in [0.25, 0.3) is 0 Å². The fraction of sp³-hybridized carbons (Fsp3) is 0.188. The molecule has 1 heterocycles. The summed E-state index contributed by atoms with van der Waals surface area (Å²) in [5.41, 5.74) is 0.533. The molecule has 0 radical (unpaired) electrons. The van der Waals surface area contributed by atoms with Gasteiger partial charge >= 0.3 is 5.97 Å². The number of esters is 1. The summed E-state index contributed by atoms with van der Waals surface area (Å²) in [4.78, 5) is 33.9. The lowest BCUT2D eigenvalue weighted by molar-refractivity contribution is -0.683. The highest BCUT2D eigenvalue weighted by atomic mass is 35.5. The molecule has 126 valence electrons. The molecule has 2 aromatic rings. The third-order valence-electron chi connectivity index (χ3n) is 3.11. The molecule has 2 rings (SSSR count). The molecular weight excluding hydrogens is 336 g/mol. The highest BCUT2D eigenvalue weighted by Crippen LogP contribution is 2.13. The first-order valence-corrected chi connectivity index (χ1v) is 6.95. The highest BCUT2D eigenvalue weighted by molar-refractivity contribution is 5.95. The van der Waals surface area contributed by atoms with Crippen molar-refractivity contribution < 1.29 is 36.2 Å². The van der Waals surface area contributed by atoms with Crippen molar-refractivity contribution in [2.24, 2.45) is 0 Å². The molecule has 0 N–H and O–H groups in total. The normalized spacial score (nSPS) is 9.71. The smallest absolute Gasteiger partial charge is 0.338 e. The maximum absolute atomic E-state index is 12.2. The summed E-state index contributed by atoms with van der Waals surface area (Å²) in [7, 11) is 0. The van der Waals surface area contributed by atoms with E-state index in [0.717, 1.165) is 0 Å². The lowest BCUT2D eigenvalue weighted by atomic mass is 10.1. The maximum Gasteiger partial charge on any atom is 0.338 e. The van der Waals surface area contributed by atoms with Crippen LogP contribution in [0.3, 0.4) is 0 Å². The predicted octanol–water partition coefficient (Wildman–Crippen LogP) is -1.05. The number of rotatable bonds is 6. The zero-order valence-corrected chi connectivity index (χ0v) is 13.6. The van der Waals surface area contributed by atoms with E-state index in [0.29, 0.717) is 12.2 Å². The summed E-state index contributed by atoms with van der Waals surface area (Å²) >= 11 is 0. The predicted molar refractivity (Wildman–Crippen MR) is 80.0 cm³/mol. The molecule has 0 unspecified atom stereocenters. The van der Waals surface area contributed by atoms with E-state index in [1.807, 2.05) is 0 Å². The summed E-state index contributed by atoms with van der Waals surface area (Å²) in [6.07, 6.45) is 3.17. The third-order valence-corrected chi connectivity index (χ3v) is 3.11. The molecule has 1 aromatic carbocycles. The Hall–Kier alpha value is -2.80. The first kappa shape index (κ1) is 19.2. The van der Waals surface area contributed by atoms with Gasteiger partial charge < -0.3 is 17.1 Å². The Morgan fingerprint density at radius 2 is 1.83 bits per heavy atom. The first-order valence-electron chi connectivity index (χ1n) is 6.95. The van der Waals surface area contributed by atoms with Crippen molar-refractivity contribution in [2.75, 3.05) is 6.61 Å². The molecule has 7 nitrogen and oxygen atoms in total. The number of nitro groups is 1. The van der Waals surface area contributed by atoms with Gasteiger partial charge in [-0.2, -0.15) is 4.57 Å². The van der Waals surface area contributed by atoms with Crippen LogP contribution in [0.2, 0.25) is 0 Å². The van der Waals surface area contributed by atoms with E-state index in [-0.39, 0.29) is 36.0 Å². The van der Waals surface area contributed by atoms with Gasteiger partial charge in [-0.05, 0) is 6.92 Å². The number of aromatic nitrogens is 1. The average molecular weight is 351 g/mol. The molecule has 0 amide bonds. The standard InChI is InChI=1S/C16H15N2O5.ClH/c1-2-23-16(20)12-6-8-17(9-7-12)11-15(19)13-4-3-5-14(10-13)18(21)22;/h3-10H,2,11H2,1H3;1H/q+1;/p-1. The second-order valence-corrected chi connectivity index (χ2v) is 4.71. The zero-order valence-electron chi connectivity index (χ0n) is 12.8. The van der Waals surface area contributed by atoms with E-state index in [9.17, 15) is 19.7 Å². The molecule has 24 heavy (non-hydrogen) atoms. The second-order valence-electron chi connectivity index (χ2n) is 4.71. The minimum atomic E-state index is -0.544. The Bertz CT molecular complexity index is 746. The van der Waals surface area contributed by atoms with Crippen molar-refractivity contribution in [3.63, 3.8) is 0 Å². The molecule has 0 saturated carbocycles. The summed E-state index contributed by atoms with van der Waals surface area (Å²) in [6, 6.07) is 8.69. The van der Waals surface area contributed by atoms with Crippen LogP contribution in [0.15, 0.2) is 48.8 Å². The Balaban J connectivity index is 0.00000288. The van der Waals surface area contributed by atoms with Crippen molar-refractivity contribution >= 4 is 17.4 Å². The van der Waals surface area contributed by atoms with Gasteiger partial charge in [-0.15, -0.1) is 0 Å². The maximum atomic E-state index is 12.2. The van der Waals surface area contributed by atoms with E-state index >= 15 is 0 Å². The number of ether oxygens (including phenoxy) is 1. The summed E-state index contributed by atoms with van der Waals surface area (Å²) in [5, 5.41) is 10.7.